The first-order chi connectivity index (χ1) is 11.5. The Balaban J connectivity index is 1.59. The molecule has 0 bridgehead atoms. The maximum Gasteiger partial charge on any atom is 0.322 e. The summed E-state index contributed by atoms with van der Waals surface area (Å²) < 4.78 is 0. The number of amides is 4. The van der Waals surface area contributed by atoms with Crippen molar-refractivity contribution >= 4 is 29.2 Å². The van der Waals surface area contributed by atoms with Gasteiger partial charge in [0.25, 0.3) is 5.91 Å². The highest BCUT2D eigenvalue weighted by Gasteiger charge is 2.32. The number of hydrogen-bond acceptors (Lipinski definition) is 5. The molecule has 8 heteroatoms. The van der Waals surface area contributed by atoms with Gasteiger partial charge in [-0.05, 0) is 0 Å². The van der Waals surface area contributed by atoms with Gasteiger partial charge in [0, 0.05) is 18.0 Å². The Morgan fingerprint density at radius 1 is 1.29 bits per heavy atom. The molecule has 1 aliphatic heterocycles. The number of carbonyl (C=O) groups excluding carboxylic acids is 3. The van der Waals surface area contributed by atoms with Crippen LogP contribution in [0.25, 0.3) is 10.6 Å². The number of aromatic nitrogens is 1. The van der Waals surface area contributed by atoms with Crippen LogP contribution in [0.2, 0.25) is 0 Å². The molecule has 1 atom stereocenters. The molecule has 1 aromatic heterocycles. The molecule has 0 radical (unpaired) electrons. The SMILES string of the molecule is CN(Cc1csc(-c2ccccc2)n1)C(=O)CC1NC(=O)NC1=O. The Hall–Kier alpha value is -2.74. The molecule has 1 saturated heterocycles. The number of carbonyl (C=O) groups is 3. The van der Waals surface area contributed by atoms with Crippen LogP contribution in [-0.2, 0) is 16.1 Å². The summed E-state index contributed by atoms with van der Waals surface area (Å²) in [5.74, 6) is -0.701. The van der Waals surface area contributed by atoms with E-state index in [0.717, 1.165) is 16.3 Å². The fourth-order valence-electron chi connectivity index (χ4n) is 2.36. The molecule has 2 aromatic rings. The van der Waals surface area contributed by atoms with Crippen LogP contribution in [-0.4, -0.2) is 40.8 Å². The minimum absolute atomic E-state index is 0.0657. The lowest BCUT2D eigenvalue weighted by Gasteiger charge is -2.17. The van der Waals surface area contributed by atoms with Crippen LogP contribution in [0.5, 0.6) is 0 Å². The fraction of sp³-hybridized carbons (Fsp3) is 0.250. The van der Waals surface area contributed by atoms with E-state index in [-0.39, 0.29) is 12.3 Å². The fourth-order valence-corrected chi connectivity index (χ4v) is 3.17. The normalized spacial score (nSPS) is 16.6. The van der Waals surface area contributed by atoms with Crippen LogP contribution in [0, 0.1) is 0 Å². The highest BCUT2D eigenvalue weighted by atomic mass is 32.1. The second kappa shape index (κ2) is 6.79. The number of imide groups is 1. The Morgan fingerprint density at radius 3 is 2.71 bits per heavy atom. The lowest BCUT2D eigenvalue weighted by Crippen LogP contribution is -2.37. The molecule has 124 valence electrons. The van der Waals surface area contributed by atoms with Crippen molar-refractivity contribution in [1.29, 1.82) is 0 Å². The largest absolute Gasteiger partial charge is 0.340 e. The summed E-state index contributed by atoms with van der Waals surface area (Å²) in [7, 11) is 1.65. The molecule has 24 heavy (non-hydrogen) atoms. The van der Waals surface area contributed by atoms with E-state index < -0.39 is 18.0 Å². The zero-order valence-electron chi connectivity index (χ0n) is 13.0. The maximum atomic E-state index is 12.2. The van der Waals surface area contributed by atoms with Gasteiger partial charge < -0.3 is 10.2 Å². The van der Waals surface area contributed by atoms with Crippen LogP contribution in [0.3, 0.4) is 0 Å². The van der Waals surface area contributed by atoms with Crippen LogP contribution in [0.1, 0.15) is 12.1 Å². The van der Waals surface area contributed by atoms with Crippen LogP contribution < -0.4 is 10.6 Å². The van der Waals surface area contributed by atoms with Gasteiger partial charge in [0.1, 0.15) is 11.0 Å². The van der Waals surface area contributed by atoms with E-state index in [0.29, 0.717) is 6.54 Å². The summed E-state index contributed by atoms with van der Waals surface area (Å²) in [5, 5.41) is 7.34. The Bertz CT molecular complexity index is 775. The van der Waals surface area contributed by atoms with Crippen molar-refractivity contribution in [3.05, 3.63) is 41.4 Å². The molecule has 7 nitrogen and oxygen atoms in total. The highest BCUT2D eigenvalue weighted by Crippen LogP contribution is 2.23. The molecule has 2 N–H and O–H groups in total. The summed E-state index contributed by atoms with van der Waals surface area (Å²) >= 11 is 1.52. The number of nitrogens with one attached hydrogen (secondary N) is 2. The van der Waals surface area contributed by atoms with Gasteiger partial charge in [-0.25, -0.2) is 9.78 Å². The topological polar surface area (TPSA) is 91.4 Å². The minimum Gasteiger partial charge on any atom is -0.340 e. The summed E-state index contributed by atoms with van der Waals surface area (Å²) in [4.78, 5) is 40.8. The van der Waals surface area contributed by atoms with E-state index in [9.17, 15) is 14.4 Å². The van der Waals surface area contributed by atoms with E-state index in [1.807, 2.05) is 35.7 Å². The third kappa shape index (κ3) is 3.60. The smallest absolute Gasteiger partial charge is 0.322 e. The van der Waals surface area contributed by atoms with E-state index in [1.165, 1.54) is 16.2 Å². The van der Waals surface area contributed by atoms with Gasteiger partial charge in [0.05, 0.1) is 18.7 Å². The molecule has 3 rings (SSSR count). The number of nitrogens with zero attached hydrogens (tertiary/aromatic N) is 2. The number of thiazole rings is 1. The highest BCUT2D eigenvalue weighted by molar-refractivity contribution is 7.13. The quantitative estimate of drug-likeness (QED) is 0.802. The minimum atomic E-state index is -0.803. The molecule has 0 saturated carbocycles. The maximum absolute atomic E-state index is 12.2. The molecule has 1 aliphatic rings. The Labute approximate surface area is 142 Å². The summed E-state index contributed by atoms with van der Waals surface area (Å²) in [6, 6.07) is 8.45. The first-order valence-electron chi connectivity index (χ1n) is 7.38. The van der Waals surface area contributed by atoms with Gasteiger partial charge in [0.15, 0.2) is 0 Å². The van der Waals surface area contributed by atoms with Crippen LogP contribution in [0.15, 0.2) is 35.7 Å². The van der Waals surface area contributed by atoms with Crippen molar-refractivity contribution in [2.24, 2.45) is 0 Å². The monoisotopic (exact) mass is 344 g/mol. The van der Waals surface area contributed by atoms with Crippen molar-refractivity contribution in [3.8, 4) is 10.6 Å². The van der Waals surface area contributed by atoms with Crippen molar-refractivity contribution in [3.63, 3.8) is 0 Å². The number of urea groups is 1. The average Bonchev–Trinajstić information content (AvgIpc) is 3.15. The first kappa shape index (κ1) is 16.1. The molecule has 4 amide bonds. The van der Waals surface area contributed by atoms with Crippen molar-refractivity contribution < 1.29 is 14.4 Å². The van der Waals surface area contributed by atoms with E-state index in [2.05, 4.69) is 15.6 Å². The predicted octanol–water partition coefficient (Wildman–Crippen LogP) is 1.37. The number of rotatable bonds is 5. The van der Waals surface area contributed by atoms with Gasteiger partial charge in [0.2, 0.25) is 5.91 Å². The van der Waals surface area contributed by atoms with Gasteiger partial charge in [-0.15, -0.1) is 11.3 Å². The third-order valence-corrected chi connectivity index (χ3v) is 4.57. The van der Waals surface area contributed by atoms with Crippen molar-refractivity contribution in [2.75, 3.05) is 7.05 Å². The zero-order chi connectivity index (χ0) is 17.1. The zero-order valence-corrected chi connectivity index (χ0v) is 13.8. The summed E-state index contributed by atoms with van der Waals surface area (Å²) in [5.41, 5.74) is 1.82. The van der Waals surface area contributed by atoms with Crippen LogP contribution >= 0.6 is 11.3 Å². The number of hydrogen-bond donors (Lipinski definition) is 2. The van der Waals surface area contributed by atoms with E-state index >= 15 is 0 Å². The Morgan fingerprint density at radius 2 is 2.04 bits per heavy atom. The molecule has 0 spiro atoms. The molecule has 0 aliphatic carbocycles. The standard InChI is InChI=1S/C16H16N4O3S/c1-20(13(21)7-12-14(22)19-16(23)18-12)8-11-9-24-15(17-11)10-5-3-2-4-6-10/h2-6,9,12H,7-8H2,1H3,(H2,18,19,22,23). The van der Waals surface area contributed by atoms with E-state index in [1.54, 1.807) is 7.05 Å². The summed E-state index contributed by atoms with van der Waals surface area (Å²) in [6.07, 6.45) is -0.0657. The van der Waals surface area contributed by atoms with Crippen LogP contribution in [0.4, 0.5) is 4.79 Å². The second-order valence-corrected chi connectivity index (χ2v) is 6.34. The molecule has 2 heterocycles. The second-order valence-electron chi connectivity index (χ2n) is 5.48. The third-order valence-electron chi connectivity index (χ3n) is 3.63. The van der Waals surface area contributed by atoms with Gasteiger partial charge in [-0.3, -0.25) is 14.9 Å². The molecule has 1 unspecified atom stereocenters. The summed E-state index contributed by atoms with van der Waals surface area (Å²) in [6.45, 7) is 0.352. The van der Waals surface area contributed by atoms with Gasteiger partial charge in [-0.1, -0.05) is 30.3 Å². The molecule has 1 fully saturated rings. The first-order valence-corrected chi connectivity index (χ1v) is 8.26. The predicted molar refractivity (Wildman–Crippen MR) is 89.1 cm³/mol. The number of benzene rings is 1. The molecule has 1 aromatic carbocycles. The van der Waals surface area contributed by atoms with Gasteiger partial charge >= 0.3 is 6.03 Å². The van der Waals surface area contributed by atoms with E-state index in [4.69, 9.17) is 0 Å². The molecular formula is C16H16N4O3S. The average molecular weight is 344 g/mol. The van der Waals surface area contributed by atoms with Crippen molar-refractivity contribution in [1.82, 2.24) is 20.5 Å². The Kier molecular flexibility index (Phi) is 4.57. The lowest BCUT2D eigenvalue weighted by atomic mass is 10.2. The van der Waals surface area contributed by atoms with Gasteiger partial charge in [-0.2, -0.15) is 0 Å². The lowest BCUT2D eigenvalue weighted by molar-refractivity contribution is -0.133. The van der Waals surface area contributed by atoms with Crippen molar-refractivity contribution in [2.45, 2.75) is 19.0 Å². The molecular weight excluding hydrogens is 328 g/mol.